The van der Waals surface area contributed by atoms with E-state index < -0.39 is 0 Å². The fourth-order valence-electron chi connectivity index (χ4n) is 2.52. The molecule has 0 radical (unpaired) electrons. The minimum atomic E-state index is 0.00499. The van der Waals surface area contributed by atoms with E-state index in [1.165, 1.54) is 11.3 Å². The first kappa shape index (κ1) is 15.5. The van der Waals surface area contributed by atoms with Crippen LogP contribution in [0, 0.1) is 5.92 Å². The summed E-state index contributed by atoms with van der Waals surface area (Å²) in [6.45, 7) is 3.78. The van der Waals surface area contributed by atoms with E-state index in [-0.39, 0.29) is 5.91 Å². The van der Waals surface area contributed by atoms with Crippen LogP contribution in [0.3, 0.4) is 0 Å². The third-order valence-corrected chi connectivity index (χ3v) is 4.89. The van der Waals surface area contributed by atoms with Gasteiger partial charge in [0.25, 0.3) is 5.91 Å². The molecule has 1 aliphatic rings. The predicted octanol–water partition coefficient (Wildman–Crippen LogP) is 3.07. The lowest BCUT2D eigenvalue weighted by molar-refractivity contribution is 0.0855. The number of nitrogens with one attached hydrogen (secondary N) is 1. The van der Waals surface area contributed by atoms with Gasteiger partial charge in [0.15, 0.2) is 0 Å². The molecule has 1 aromatic carbocycles. The molecule has 1 aromatic heterocycles. The lowest BCUT2D eigenvalue weighted by Crippen LogP contribution is -2.24. The fraction of sp³-hybridized carbons (Fsp3) is 0.471. The van der Waals surface area contributed by atoms with E-state index in [4.69, 9.17) is 9.47 Å². The molecule has 1 unspecified atom stereocenters. The average molecular weight is 319 g/mol. The fourth-order valence-corrected chi connectivity index (χ4v) is 3.50. The molecular formula is C17H21NO3S. The van der Waals surface area contributed by atoms with Crippen molar-refractivity contribution in [2.45, 2.75) is 12.8 Å². The highest BCUT2D eigenvalue weighted by Gasteiger charge is 2.15. The van der Waals surface area contributed by atoms with E-state index in [0.29, 0.717) is 19.1 Å². The van der Waals surface area contributed by atoms with Gasteiger partial charge >= 0.3 is 0 Å². The van der Waals surface area contributed by atoms with Crippen molar-refractivity contribution in [3.05, 3.63) is 35.2 Å². The van der Waals surface area contributed by atoms with E-state index in [1.54, 1.807) is 0 Å². The molecule has 2 heterocycles. The number of amides is 1. The van der Waals surface area contributed by atoms with E-state index in [0.717, 1.165) is 47.6 Å². The Balaban J connectivity index is 1.35. The molecule has 0 aliphatic carbocycles. The number of hydrogen-bond acceptors (Lipinski definition) is 4. The van der Waals surface area contributed by atoms with Crippen molar-refractivity contribution < 1.29 is 14.3 Å². The molecule has 1 N–H and O–H groups in total. The number of benzene rings is 1. The topological polar surface area (TPSA) is 47.6 Å². The van der Waals surface area contributed by atoms with E-state index >= 15 is 0 Å². The van der Waals surface area contributed by atoms with Gasteiger partial charge in [-0.05, 0) is 30.4 Å². The van der Waals surface area contributed by atoms with Crippen molar-refractivity contribution >= 4 is 27.3 Å². The van der Waals surface area contributed by atoms with Gasteiger partial charge in [0.1, 0.15) is 0 Å². The van der Waals surface area contributed by atoms with E-state index in [9.17, 15) is 4.79 Å². The van der Waals surface area contributed by atoms with Gasteiger partial charge in [-0.25, -0.2) is 0 Å². The van der Waals surface area contributed by atoms with Crippen LogP contribution in [-0.4, -0.2) is 38.9 Å². The highest BCUT2D eigenvalue weighted by Crippen LogP contribution is 2.24. The van der Waals surface area contributed by atoms with Gasteiger partial charge in [-0.15, -0.1) is 11.3 Å². The van der Waals surface area contributed by atoms with Crippen LogP contribution in [0.25, 0.3) is 10.1 Å². The summed E-state index contributed by atoms with van der Waals surface area (Å²) in [6.07, 6.45) is 1.94. The number of carbonyl (C=O) groups excluding carboxylic acids is 1. The van der Waals surface area contributed by atoms with Crippen LogP contribution in [0.1, 0.15) is 22.5 Å². The normalized spacial score (nSPS) is 17.9. The van der Waals surface area contributed by atoms with Crippen LogP contribution in [0.15, 0.2) is 30.3 Å². The lowest BCUT2D eigenvalue weighted by atomic mass is 10.1. The second-order valence-electron chi connectivity index (χ2n) is 5.56. The number of ether oxygens (including phenoxy) is 2. The Hall–Kier alpha value is -1.43. The first-order valence-corrected chi connectivity index (χ1v) is 8.57. The first-order valence-electron chi connectivity index (χ1n) is 7.75. The summed E-state index contributed by atoms with van der Waals surface area (Å²) in [5, 5.41) is 4.08. The molecule has 0 saturated carbocycles. The van der Waals surface area contributed by atoms with Crippen molar-refractivity contribution in [3.63, 3.8) is 0 Å². The standard InChI is InChI=1S/C17H21NO3S/c19-17(16-10-14-4-1-2-5-15(14)22-16)18-7-3-8-20-11-13-6-9-21-12-13/h1-2,4-5,10,13H,3,6-9,11-12H2,(H,18,19). The largest absolute Gasteiger partial charge is 0.381 e. The van der Waals surface area contributed by atoms with Crippen LogP contribution < -0.4 is 5.32 Å². The minimum Gasteiger partial charge on any atom is -0.381 e. The molecule has 1 atom stereocenters. The molecule has 0 spiro atoms. The predicted molar refractivity (Wildman–Crippen MR) is 88.5 cm³/mol. The molecule has 2 aromatic rings. The Morgan fingerprint density at radius 3 is 3.14 bits per heavy atom. The van der Waals surface area contributed by atoms with Gasteiger partial charge < -0.3 is 14.8 Å². The number of thiophene rings is 1. The maximum Gasteiger partial charge on any atom is 0.261 e. The summed E-state index contributed by atoms with van der Waals surface area (Å²) in [6, 6.07) is 10.0. The van der Waals surface area contributed by atoms with Gasteiger partial charge in [-0.2, -0.15) is 0 Å². The van der Waals surface area contributed by atoms with Crippen molar-refractivity contribution in [3.8, 4) is 0 Å². The molecule has 1 amide bonds. The van der Waals surface area contributed by atoms with Gasteiger partial charge in [0, 0.05) is 30.4 Å². The molecule has 5 heteroatoms. The molecule has 1 saturated heterocycles. The molecule has 1 aliphatic heterocycles. The first-order chi connectivity index (χ1) is 10.8. The van der Waals surface area contributed by atoms with Gasteiger partial charge in [-0.1, -0.05) is 18.2 Å². The SMILES string of the molecule is O=C(NCCCOCC1CCOC1)c1cc2ccccc2s1. The van der Waals surface area contributed by atoms with Crippen LogP contribution in [-0.2, 0) is 9.47 Å². The number of hydrogen-bond donors (Lipinski definition) is 1. The van der Waals surface area contributed by atoms with Crippen LogP contribution >= 0.6 is 11.3 Å². The quantitative estimate of drug-likeness (QED) is 0.798. The molecule has 4 nitrogen and oxygen atoms in total. The summed E-state index contributed by atoms with van der Waals surface area (Å²) >= 11 is 1.53. The highest BCUT2D eigenvalue weighted by molar-refractivity contribution is 7.20. The summed E-state index contributed by atoms with van der Waals surface area (Å²) < 4.78 is 12.1. The Labute approximate surface area is 134 Å². The smallest absolute Gasteiger partial charge is 0.261 e. The maximum absolute atomic E-state index is 12.1. The number of fused-ring (bicyclic) bond motifs is 1. The molecule has 22 heavy (non-hydrogen) atoms. The zero-order valence-electron chi connectivity index (χ0n) is 12.5. The molecule has 0 bridgehead atoms. The summed E-state index contributed by atoms with van der Waals surface area (Å²) in [7, 11) is 0. The highest BCUT2D eigenvalue weighted by atomic mass is 32.1. The summed E-state index contributed by atoms with van der Waals surface area (Å²) in [4.78, 5) is 12.9. The van der Waals surface area contributed by atoms with Gasteiger partial charge in [0.2, 0.25) is 0 Å². The monoisotopic (exact) mass is 319 g/mol. The minimum absolute atomic E-state index is 0.00499. The Kier molecular flexibility index (Phi) is 5.43. The van der Waals surface area contributed by atoms with Crippen LogP contribution in [0.2, 0.25) is 0 Å². The average Bonchev–Trinajstić information content (AvgIpc) is 3.19. The third kappa shape index (κ3) is 4.06. The van der Waals surface area contributed by atoms with Crippen molar-refractivity contribution in [2.24, 2.45) is 5.92 Å². The second kappa shape index (κ2) is 7.72. The van der Waals surface area contributed by atoms with Gasteiger partial charge in [0.05, 0.1) is 18.1 Å². The van der Waals surface area contributed by atoms with Crippen LogP contribution in [0.4, 0.5) is 0 Å². The Morgan fingerprint density at radius 2 is 2.32 bits per heavy atom. The lowest BCUT2D eigenvalue weighted by Gasteiger charge is -2.08. The van der Waals surface area contributed by atoms with Crippen LogP contribution in [0.5, 0.6) is 0 Å². The summed E-state index contributed by atoms with van der Waals surface area (Å²) in [5.74, 6) is 0.554. The molecular weight excluding hydrogens is 298 g/mol. The van der Waals surface area contributed by atoms with Gasteiger partial charge in [-0.3, -0.25) is 4.79 Å². The molecule has 118 valence electrons. The molecule has 3 rings (SSSR count). The Morgan fingerprint density at radius 1 is 1.41 bits per heavy atom. The zero-order chi connectivity index (χ0) is 15.2. The maximum atomic E-state index is 12.1. The zero-order valence-corrected chi connectivity index (χ0v) is 13.4. The Bertz CT molecular complexity index is 586. The van der Waals surface area contributed by atoms with E-state index in [2.05, 4.69) is 5.32 Å². The number of rotatable bonds is 7. The third-order valence-electron chi connectivity index (χ3n) is 3.78. The van der Waals surface area contributed by atoms with Crippen molar-refractivity contribution in [2.75, 3.05) is 33.0 Å². The van der Waals surface area contributed by atoms with Crippen molar-refractivity contribution in [1.82, 2.24) is 5.32 Å². The number of carbonyl (C=O) groups is 1. The molecule has 1 fully saturated rings. The van der Waals surface area contributed by atoms with E-state index in [1.807, 2.05) is 30.3 Å². The van der Waals surface area contributed by atoms with Crippen molar-refractivity contribution in [1.29, 1.82) is 0 Å². The summed E-state index contributed by atoms with van der Waals surface area (Å²) in [5.41, 5.74) is 0. The second-order valence-corrected chi connectivity index (χ2v) is 6.65.